The maximum absolute atomic E-state index is 12.6. The molecule has 8 nitrogen and oxygen atoms in total. The zero-order valence-corrected chi connectivity index (χ0v) is 16.7. The Balaban J connectivity index is 1.63. The Morgan fingerprint density at radius 2 is 2.04 bits per heavy atom. The number of nitrogens with zero attached hydrogens (tertiary/aromatic N) is 1. The average molecular weight is 400 g/mol. The van der Waals surface area contributed by atoms with Gasteiger partial charge in [0.05, 0.1) is 24.2 Å². The van der Waals surface area contributed by atoms with Crippen molar-refractivity contribution in [2.45, 2.75) is 42.9 Å². The molecule has 2 aliphatic heterocycles. The second-order valence-corrected chi connectivity index (χ2v) is 9.35. The van der Waals surface area contributed by atoms with E-state index in [1.165, 1.54) is 12.1 Å². The van der Waals surface area contributed by atoms with Gasteiger partial charge in [-0.1, -0.05) is 0 Å². The summed E-state index contributed by atoms with van der Waals surface area (Å²) in [5.41, 5.74) is 5.79. The Bertz CT molecular complexity index is 762. The third kappa shape index (κ3) is 4.61. The first kappa shape index (κ1) is 20.5. The van der Waals surface area contributed by atoms with Crippen LogP contribution in [0.2, 0.25) is 0 Å². The summed E-state index contributed by atoms with van der Waals surface area (Å²) in [6, 6.07) is 3.89. The van der Waals surface area contributed by atoms with E-state index in [1.54, 1.807) is 19.9 Å². The number of fused-ring (bicyclic) bond motifs is 1. The van der Waals surface area contributed by atoms with Crippen molar-refractivity contribution in [3.8, 4) is 5.75 Å². The van der Waals surface area contributed by atoms with Gasteiger partial charge in [0.1, 0.15) is 17.5 Å². The number of rotatable bonds is 6. The molecule has 2 heterocycles. The molecule has 152 valence electrons. The largest absolute Gasteiger partial charge is 0.485 e. The molecule has 1 fully saturated rings. The van der Waals surface area contributed by atoms with E-state index < -0.39 is 27.8 Å². The fraction of sp³-hybridized carbons (Fsp3) is 0.667. The van der Waals surface area contributed by atoms with Crippen LogP contribution in [0.3, 0.4) is 0 Å². The first-order valence-electron chi connectivity index (χ1n) is 9.27. The van der Waals surface area contributed by atoms with Crippen LogP contribution < -0.4 is 15.2 Å². The monoisotopic (exact) mass is 399 g/mol. The molecule has 0 radical (unpaired) electrons. The Morgan fingerprint density at radius 1 is 1.33 bits per heavy atom. The van der Waals surface area contributed by atoms with Crippen LogP contribution in [0.25, 0.3) is 0 Å². The lowest BCUT2D eigenvalue weighted by atomic mass is 9.87. The molecule has 1 aromatic carbocycles. The predicted molar refractivity (Wildman–Crippen MR) is 101 cm³/mol. The highest BCUT2D eigenvalue weighted by Crippen LogP contribution is 2.39. The SMILES string of the molecule is CC1(C)Oc2ccc(S(=O)(=O)NCCCN3CCOCC3)cc2[C@H](N)[C@H]1O. The standard InChI is InChI=1S/C18H29N3O5S/c1-18(2)17(22)16(19)14-12-13(4-5-15(14)26-18)27(23,24)20-6-3-7-21-8-10-25-11-9-21/h4-5,12,16-17,20,22H,3,6-11,19H2,1-2H3/t16-,17+/m0/s1. The van der Waals surface area contributed by atoms with Crippen molar-refractivity contribution in [1.29, 1.82) is 0 Å². The molecular weight excluding hydrogens is 370 g/mol. The van der Waals surface area contributed by atoms with Crippen molar-refractivity contribution < 1.29 is 23.0 Å². The van der Waals surface area contributed by atoms with Crippen LogP contribution in [-0.4, -0.2) is 69.5 Å². The number of hydrogen-bond donors (Lipinski definition) is 3. The lowest BCUT2D eigenvalue weighted by Gasteiger charge is -2.40. The lowest BCUT2D eigenvalue weighted by molar-refractivity contribution is -0.0572. The second-order valence-electron chi connectivity index (χ2n) is 7.58. The number of benzene rings is 1. The van der Waals surface area contributed by atoms with Crippen LogP contribution in [0.1, 0.15) is 31.9 Å². The highest BCUT2D eigenvalue weighted by atomic mass is 32.2. The Labute approximate surface area is 160 Å². The number of aliphatic hydroxyl groups excluding tert-OH is 1. The first-order chi connectivity index (χ1) is 12.7. The molecule has 0 saturated carbocycles. The van der Waals surface area contributed by atoms with Gasteiger partial charge in [-0.15, -0.1) is 0 Å². The second kappa shape index (κ2) is 8.02. The Kier molecular flexibility index (Phi) is 6.09. The maximum atomic E-state index is 12.6. The van der Waals surface area contributed by atoms with Crippen LogP contribution in [0.15, 0.2) is 23.1 Å². The van der Waals surface area contributed by atoms with Gasteiger partial charge in [0.25, 0.3) is 0 Å². The van der Waals surface area contributed by atoms with Crippen molar-refractivity contribution in [2.24, 2.45) is 5.73 Å². The summed E-state index contributed by atoms with van der Waals surface area (Å²) >= 11 is 0. The predicted octanol–water partition coefficient (Wildman–Crippen LogP) is 0.219. The quantitative estimate of drug-likeness (QED) is 0.586. The first-order valence-corrected chi connectivity index (χ1v) is 10.8. The van der Waals surface area contributed by atoms with Gasteiger partial charge in [0.2, 0.25) is 10.0 Å². The Hall–Kier alpha value is -1.23. The highest BCUT2D eigenvalue weighted by Gasteiger charge is 2.41. The number of nitrogens with two attached hydrogens (primary N) is 1. The van der Waals surface area contributed by atoms with E-state index in [0.717, 1.165) is 39.3 Å². The number of hydrogen-bond acceptors (Lipinski definition) is 7. The molecule has 0 bridgehead atoms. The minimum Gasteiger partial charge on any atom is -0.485 e. The normalized spacial score (nSPS) is 25.6. The third-order valence-electron chi connectivity index (χ3n) is 5.12. The molecule has 0 amide bonds. The molecule has 0 spiro atoms. The number of nitrogens with one attached hydrogen (secondary N) is 1. The minimum absolute atomic E-state index is 0.124. The molecule has 0 aromatic heterocycles. The van der Waals surface area contributed by atoms with Gasteiger partial charge in [-0.3, -0.25) is 4.90 Å². The maximum Gasteiger partial charge on any atom is 0.240 e. The van der Waals surface area contributed by atoms with Gasteiger partial charge in [-0.2, -0.15) is 0 Å². The van der Waals surface area contributed by atoms with Gasteiger partial charge in [0.15, 0.2) is 0 Å². The van der Waals surface area contributed by atoms with E-state index in [1.807, 2.05) is 0 Å². The number of aliphatic hydroxyl groups is 1. The molecular formula is C18H29N3O5S. The van der Waals surface area contributed by atoms with Gasteiger partial charge < -0.3 is 20.3 Å². The van der Waals surface area contributed by atoms with E-state index in [-0.39, 0.29) is 4.90 Å². The van der Waals surface area contributed by atoms with Gasteiger partial charge >= 0.3 is 0 Å². The van der Waals surface area contributed by atoms with Crippen molar-refractivity contribution in [3.05, 3.63) is 23.8 Å². The number of morpholine rings is 1. The molecule has 27 heavy (non-hydrogen) atoms. The molecule has 9 heteroatoms. The highest BCUT2D eigenvalue weighted by molar-refractivity contribution is 7.89. The average Bonchev–Trinajstić information content (AvgIpc) is 2.64. The molecule has 1 aromatic rings. The molecule has 4 N–H and O–H groups in total. The summed E-state index contributed by atoms with van der Waals surface area (Å²) in [5.74, 6) is 0.504. The zero-order valence-electron chi connectivity index (χ0n) is 15.8. The summed E-state index contributed by atoms with van der Waals surface area (Å²) < 4.78 is 38.9. The third-order valence-corrected chi connectivity index (χ3v) is 6.58. The molecule has 2 aliphatic rings. The zero-order chi connectivity index (χ0) is 19.7. The van der Waals surface area contributed by atoms with E-state index in [4.69, 9.17) is 15.2 Å². The lowest BCUT2D eigenvalue weighted by Crippen LogP contribution is -2.51. The number of ether oxygens (including phenoxy) is 2. The molecule has 3 rings (SSSR count). The van der Waals surface area contributed by atoms with E-state index in [2.05, 4.69) is 9.62 Å². The van der Waals surface area contributed by atoms with Crippen LogP contribution in [0, 0.1) is 0 Å². The fourth-order valence-electron chi connectivity index (χ4n) is 3.41. The van der Waals surface area contributed by atoms with E-state index >= 15 is 0 Å². The van der Waals surface area contributed by atoms with Crippen molar-refractivity contribution >= 4 is 10.0 Å². The van der Waals surface area contributed by atoms with Crippen LogP contribution in [0.5, 0.6) is 5.75 Å². The smallest absolute Gasteiger partial charge is 0.240 e. The molecule has 0 unspecified atom stereocenters. The van der Waals surface area contributed by atoms with E-state index in [9.17, 15) is 13.5 Å². The van der Waals surface area contributed by atoms with Crippen LogP contribution in [0.4, 0.5) is 0 Å². The van der Waals surface area contributed by atoms with Crippen molar-refractivity contribution in [2.75, 3.05) is 39.4 Å². The topological polar surface area (TPSA) is 114 Å². The minimum atomic E-state index is -3.65. The van der Waals surface area contributed by atoms with Gasteiger partial charge in [-0.25, -0.2) is 13.1 Å². The summed E-state index contributed by atoms with van der Waals surface area (Å²) in [5, 5.41) is 10.3. The van der Waals surface area contributed by atoms with Gasteiger partial charge in [0, 0.05) is 25.2 Å². The summed E-state index contributed by atoms with van der Waals surface area (Å²) in [4.78, 5) is 2.38. The summed E-state index contributed by atoms with van der Waals surface area (Å²) in [6.07, 6.45) is -0.205. The summed E-state index contributed by atoms with van der Waals surface area (Å²) in [7, 11) is -3.65. The Morgan fingerprint density at radius 3 is 2.74 bits per heavy atom. The molecule has 1 saturated heterocycles. The van der Waals surface area contributed by atoms with Crippen molar-refractivity contribution in [3.63, 3.8) is 0 Å². The van der Waals surface area contributed by atoms with Gasteiger partial charge in [-0.05, 0) is 45.0 Å². The molecule has 2 atom stereocenters. The van der Waals surface area contributed by atoms with Crippen LogP contribution >= 0.6 is 0 Å². The number of sulfonamides is 1. The van der Waals surface area contributed by atoms with Crippen LogP contribution in [-0.2, 0) is 14.8 Å². The fourth-order valence-corrected chi connectivity index (χ4v) is 4.52. The van der Waals surface area contributed by atoms with Crippen molar-refractivity contribution in [1.82, 2.24) is 9.62 Å². The molecule has 0 aliphatic carbocycles. The summed E-state index contributed by atoms with van der Waals surface area (Å²) in [6.45, 7) is 7.91. The van der Waals surface area contributed by atoms with E-state index in [0.29, 0.717) is 17.9 Å².